The number of sulfonamides is 1. The average molecular weight is 353 g/mol. The fourth-order valence-corrected chi connectivity index (χ4v) is 3.36. The molecule has 0 aromatic heterocycles. The molecule has 1 aromatic carbocycles. The molecule has 2 N–H and O–H groups in total. The summed E-state index contributed by atoms with van der Waals surface area (Å²) in [4.78, 5) is 25.5. The summed E-state index contributed by atoms with van der Waals surface area (Å²) in [5, 5.41) is 0. The third-order valence-corrected chi connectivity index (χ3v) is 5.67. The van der Waals surface area contributed by atoms with E-state index in [1.807, 2.05) is 0 Å². The molecule has 1 aliphatic heterocycles. The number of nitrogens with zero attached hydrogens (tertiary/aromatic N) is 2. The fraction of sp³-hybridized carbons (Fsp3) is 0.500. The lowest BCUT2D eigenvalue weighted by Crippen LogP contribution is -2.41. The first kappa shape index (κ1) is 18.3. The summed E-state index contributed by atoms with van der Waals surface area (Å²) >= 11 is 0. The van der Waals surface area contributed by atoms with Crippen molar-refractivity contribution >= 4 is 27.5 Å². The van der Waals surface area contributed by atoms with Gasteiger partial charge in [0.1, 0.15) is 0 Å². The molecule has 0 aliphatic carbocycles. The van der Waals surface area contributed by atoms with Crippen molar-refractivity contribution in [1.29, 1.82) is 0 Å². The molecule has 0 atom stereocenters. The first-order chi connectivity index (χ1) is 11.1. The molecule has 1 aromatic rings. The molecule has 24 heavy (non-hydrogen) atoms. The summed E-state index contributed by atoms with van der Waals surface area (Å²) in [5.74, 6) is -0.672. The molecule has 0 spiro atoms. The third kappa shape index (κ3) is 3.87. The molecule has 2 amide bonds. The van der Waals surface area contributed by atoms with Crippen LogP contribution in [0.15, 0.2) is 18.2 Å². The first-order valence-electron chi connectivity index (χ1n) is 7.74. The molecule has 1 fully saturated rings. The van der Waals surface area contributed by atoms with E-state index in [4.69, 9.17) is 5.73 Å². The lowest BCUT2D eigenvalue weighted by molar-refractivity contribution is -0.123. The number of anilines is 1. The van der Waals surface area contributed by atoms with Crippen LogP contribution in [0.5, 0.6) is 0 Å². The number of hydrogen-bond acceptors (Lipinski definition) is 4. The Kier molecular flexibility index (Phi) is 5.17. The number of carbonyl (C=O) groups is 2. The predicted molar refractivity (Wildman–Crippen MR) is 92.2 cm³/mol. The Bertz CT molecular complexity index is 753. The van der Waals surface area contributed by atoms with Gasteiger partial charge in [-0.3, -0.25) is 13.9 Å². The van der Waals surface area contributed by atoms with E-state index in [1.165, 1.54) is 11.4 Å². The standard InChI is InChI=1S/C16H23N3O4S/c1-11-4-5-13(10-14(11)18(2)24(3,22)23)16(21)19-8-6-12(7-9-19)15(17)20/h4-5,10,12H,6-9H2,1-3H3,(H2,17,20). The number of likely N-dealkylation sites (tertiary alicyclic amines) is 1. The summed E-state index contributed by atoms with van der Waals surface area (Å²) in [6.45, 7) is 2.73. The molecule has 1 heterocycles. The average Bonchev–Trinajstić information content (AvgIpc) is 2.53. The number of primary amides is 1. The largest absolute Gasteiger partial charge is 0.369 e. The van der Waals surface area contributed by atoms with Gasteiger partial charge in [0.2, 0.25) is 15.9 Å². The summed E-state index contributed by atoms with van der Waals surface area (Å²) in [6.07, 6.45) is 2.24. The molecule has 1 aliphatic rings. The van der Waals surface area contributed by atoms with Crippen molar-refractivity contribution in [3.63, 3.8) is 0 Å². The van der Waals surface area contributed by atoms with Gasteiger partial charge in [-0.15, -0.1) is 0 Å². The zero-order valence-electron chi connectivity index (χ0n) is 14.2. The third-order valence-electron chi connectivity index (χ3n) is 4.48. The normalized spacial score (nSPS) is 16.0. The van der Waals surface area contributed by atoms with E-state index in [0.29, 0.717) is 37.2 Å². The number of aryl methyl sites for hydroxylation is 1. The van der Waals surface area contributed by atoms with Crippen LogP contribution < -0.4 is 10.0 Å². The van der Waals surface area contributed by atoms with Crippen LogP contribution in [0.2, 0.25) is 0 Å². The van der Waals surface area contributed by atoms with Gasteiger partial charge in [0, 0.05) is 31.6 Å². The van der Waals surface area contributed by atoms with E-state index in [2.05, 4.69) is 0 Å². The molecule has 132 valence electrons. The van der Waals surface area contributed by atoms with Gasteiger partial charge in [0.15, 0.2) is 0 Å². The number of benzene rings is 1. The van der Waals surface area contributed by atoms with E-state index in [1.54, 1.807) is 30.0 Å². The van der Waals surface area contributed by atoms with Gasteiger partial charge in [0.25, 0.3) is 5.91 Å². The predicted octanol–water partition coefficient (Wildman–Crippen LogP) is 0.728. The van der Waals surface area contributed by atoms with Crippen molar-refractivity contribution < 1.29 is 18.0 Å². The van der Waals surface area contributed by atoms with E-state index in [9.17, 15) is 18.0 Å². The maximum Gasteiger partial charge on any atom is 0.253 e. The minimum atomic E-state index is -3.41. The van der Waals surface area contributed by atoms with E-state index in [-0.39, 0.29) is 17.7 Å². The van der Waals surface area contributed by atoms with Gasteiger partial charge in [-0.05, 0) is 37.5 Å². The van der Waals surface area contributed by atoms with Crippen molar-refractivity contribution in [2.24, 2.45) is 11.7 Å². The van der Waals surface area contributed by atoms with Crippen LogP contribution >= 0.6 is 0 Å². The lowest BCUT2D eigenvalue weighted by Gasteiger charge is -2.31. The molecular formula is C16H23N3O4S. The van der Waals surface area contributed by atoms with Crippen LogP contribution in [0, 0.1) is 12.8 Å². The number of carbonyl (C=O) groups excluding carboxylic acids is 2. The Balaban J connectivity index is 2.21. The van der Waals surface area contributed by atoms with Crippen LogP contribution in [0.1, 0.15) is 28.8 Å². The highest BCUT2D eigenvalue weighted by Crippen LogP contribution is 2.25. The van der Waals surface area contributed by atoms with Crippen LogP contribution in [-0.2, 0) is 14.8 Å². The summed E-state index contributed by atoms with van der Waals surface area (Å²) < 4.78 is 24.7. The first-order valence-corrected chi connectivity index (χ1v) is 9.59. The van der Waals surface area contributed by atoms with Gasteiger partial charge < -0.3 is 10.6 Å². The van der Waals surface area contributed by atoms with Crippen molar-refractivity contribution in [2.75, 3.05) is 30.7 Å². The van der Waals surface area contributed by atoms with Gasteiger partial charge in [-0.1, -0.05) is 6.07 Å². The number of amides is 2. The Morgan fingerprint density at radius 3 is 2.33 bits per heavy atom. The second kappa shape index (κ2) is 6.80. The molecule has 2 rings (SSSR count). The minimum Gasteiger partial charge on any atom is -0.369 e. The Hall–Kier alpha value is -2.09. The summed E-state index contributed by atoms with van der Waals surface area (Å²) in [5.41, 5.74) is 6.99. The van der Waals surface area contributed by atoms with Gasteiger partial charge >= 0.3 is 0 Å². The second-order valence-corrected chi connectivity index (χ2v) is 8.21. The molecule has 0 bridgehead atoms. The smallest absolute Gasteiger partial charge is 0.253 e. The highest BCUT2D eigenvalue weighted by atomic mass is 32.2. The molecule has 8 heteroatoms. The van der Waals surface area contributed by atoms with Gasteiger partial charge in [-0.2, -0.15) is 0 Å². The fourth-order valence-electron chi connectivity index (χ4n) is 2.81. The lowest BCUT2D eigenvalue weighted by atomic mass is 9.95. The Morgan fingerprint density at radius 1 is 1.25 bits per heavy atom. The molecule has 1 saturated heterocycles. The maximum absolute atomic E-state index is 12.7. The van der Waals surface area contributed by atoms with Crippen LogP contribution in [0.4, 0.5) is 5.69 Å². The van der Waals surface area contributed by atoms with Crippen LogP contribution in [0.25, 0.3) is 0 Å². The van der Waals surface area contributed by atoms with Gasteiger partial charge in [-0.25, -0.2) is 8.42 Å². The zero-order chi connectivity index (χ0) is 18.1. The number of hydrogen-bond donors (Lipinski definition) is 1. The zero-order valence-corrected chi connectivity index (χ0v) is 15.0. The van der Waals surface area contributed by atoms with Crippen LogP contribution in [-0.4, -0.2) is 51.5 Å². The van der Waals surface area contributed by atoms with E-state index in [0.717, 1.165) is 11.8 Å². The molecular weight excluding hydrogens is 330 g/mol. The summed E-state index contributed by atoms with van der Waals surface area (Å²) in [7, 11) is -1.94. The number of piperidine rings is 1. The topological polar surface area (TPSA) is 101 Å². The Morgan fingerprint density at radius 2 is 1.83 bits per heavy atom. The van der Waals surface area contributed by atoms with Crippen molar-refractivity contribution in [1.82, 2.24) is 4.90 Å². The monoisotopic (exact) mass is 353 g/mol. The Labute approximate surface area is 142 Å². The summed E-state index contributed by atoms with van der Waals surface area (Å²) in [6, 6.07) is 5.02. The molecule has 0 radical (unpaired) electrons. The molecule has 7 nitrogen and oxygen atoms in total. The highest BCUT2D eigenvalue weighted by Gasteiger charge is 2.27. The van der Waals surface area contributed by atoms with Crippen LogP contribution in [0.3, 0.4) is 0 Å². The van der Waals surface area contributed by atoms with Crippen molar-refractivity contribution in [3.8, 4) is 0 Å². The van der Waals surface area contributed by atoms with Gasteiger partial charge in [0.05, 0.1) is 11.9 Å². The highest BCUT2D eigenvalue weighted by molar-refractivity contribution is 7.92. The van der Waals surface area contributed by atoms with E-state index >= 15 is 0 Å². The number of rotatable bonds is 4. The SMILES string of the molecule is Cc1ccc(C(=O)N2CCC(C(N)=O)CC2)cc1N(C)S(C)(=O)=O. The molecule has 0 saturated carbocycles. The van der Waals surface area contributed by atoms with Crippen molar-refractivity contribution in [3.05, 3.63) is 29.3 Å². The molecule has 0 unspecified atom stereocenters. The number of nitrogens with two attached hydrogens (primary N) is 1. The quantitative estimate of drug-likeness (QED) is 0.862. The maximum atomic E-state index is 12.7. The second-order valence-electron chi connectivity index (χ2n) is 6.20. The van der Waals surface area contributed by atoms with Crippen molar-refractivity contribution in [2.45, 2.75) is 19.8 Å². The van der Waals surface area contributed by atoms with E-state index < -0.39 is 10.0 Å². The minimum absolute atomic E-state index is 0.166.